The van der Waals surface area contributed by atoms with Crippen LogP contribution in [0.1, 0.15) is 38.3 Å². The molecule has 2 aromatic rings. The molecule has 4 heterocycles. The normalized spacial score (nSPS) is 24.8. The van der Waals surface area contributed by atoms with Crippen LogP contribution in [0.3, 0.4) is 0 Å². The van der Waals surface area contributed by atoms with Gasteiger partial charge in [0.15, 0.2) is 0 Å². The number of aryl methyl sites for hydroxylation is 1. The van der Waals surface area contributed by atoms with E-state index in [4.69, 9.17) is 0 Å². The summed E-state index contributed by atoms with van der Waals surface area (Å²) in [5.74, 6) is 1.87. The molecule has 0 N–H and O–H groups in total. The molecular weight excluding hydrogens is 292 g/mol. The second kappa shape index (κ2) is 5.47. The van der Waals surface area contributed by atoms with Crippen LogP contribution in [0.15, 0.2) is 12.4 Å². The monoisotopic (exact) mass is 314 g/mol. The fraction of sp³-hybridized carbons (Fsp3) is 0.625. The molecule has 2 aliphatic heterocycles. The summed E-state index contributed by atoms with van der Waals surface area (Å²) in [6, 6.07) is 2.74. The molecule has 0 spiro atoms. The van der Waals surface area contributed by atoms with Crippen LogP contribution in [-0.4, -0.2) is 55.6 Å². The summed E-state index contributed by atoms with van der Waals surface area (Å²) in [5.41, 5.74) is 0.945. The minimum Gasteiger partial charge on any atom is -0.351 e. The van der Waals surface area contributed by atoms with Crippen molar-refractivity contribution in [2.45, 2.75) is 51.6 Å². The smallest absolute Gasteiger partial charge is 0.254 e. The maximum Gasteiger partial charge on any atom is 0.254 e. The first-order valence-electron chi connectivity index (χ1n) is 8.36. The largest absolute Gasteiger partial charge is 0.351 e. The van der Waals surface area contributed by atoms with E-state index in [9.17, 15) is 4.79 Å². The minimum atomic E-state index is 0.191. The van der Waals surface area contributed by atoms with Gasteiger partial charge in [0.1, 0.15) is 12.1 Å². The van der Waals surface area contributed by atoms with E-state index in [1.54, 1.807) is 13.3 Å². The van der Waals surface area contributed by atoms with E-state index in [-0.39, 0.29) is 5.91 Å². The van der Waals surface area contributed by atoms with E-state index in [2.05, 4.69) is 30.9 Å². The number of aromatic nitrogens is 4. The Labute approximate surface area is 135 Å². The number of carbonyl (C=O) groups is 1. The highest BCUT2D eigenvalue weighted by molar-refractivity contribution is 5.74. The molecule has 2 atom stereocenters. The topological polar surface area (TPSA) is 66.6 Å². The van der Waals surface area contributed by atoms with Crippen LogP contribution in [0.5, 0.6) is 0 Å². The standard InChI is InChI=1S/C16H22N6O/c1-11-9-15(22-16(19-11)17-10-18-22)21-8-4-6-14(21)13-5-3-7-20(13)12(2)23/h9-10,13-14H,3-8H2,1-2H3/t13-,14+/m0/s1. The molecule has 1 amide bonds. The van der Waals surface area contributed by atoms with E-state index in [0.29, 0.717) is 17.9 Å². The predicted molar refractivity (Wildman–Crippen MR) is 86.3 cm³/mol. The molecule has 0 unspecified atom stereocenters. The van der Waals surface area contributed by atoms with Gasteiger partial charge in [-0.15, -0.1) is 0 Å². The average Bonchev–Trinajstić information content (AvgIpc) is 3.24. The zero-order valence-corrected chi connectivity index (χ0v) is 13.6. The lowest BCUT2D eigenvalue weighted by Crippen LogP contribution is -2.48. The van der Waals surface area contributed by atoms with E-state index >= 15 is 0 Å². The van der Waals surface area contributed by atoms with Crippen molar-refractivity contribution >= 4 is 17.5 Å². The molecule has 0 radical (unpaired) electrons. The van der Waals surface area contributed by atoms with Gasteiger partial charge in [-0.25, -0.2) is 4.98 Å². The number of likely N-dealkylation sites (tertiary alicyclic amines) is 1. The van der Waals surface area contributed by atoms with Gasteiger partial charge in [-0.05, 0) is 32.6 Å². The molecule has 23 heavy (non-hydrogen) atoms. The van der Waals surface area contributed by atoms with Gasteiger partial charge < -0.3 is 9.80 Å². The summed E-state index contributed by atoms with van der Waals surface area (Å²) in [7, 11) is 0. The highest BCUT2D eigenvalue weighted by atomic mass is 16.2. The Balaban J connectivity index is 1.72. The van der Waals surface area contributed by atoms with Crippen LogP contribution in [-0.2, 0) is 4.79 Å². The van der Waals surface area contributed by atoms with Gasteiger partial charge in [-0.2, -0.15) is 14.6 Å². The third-order valence-electron chi connectivity index (χ3n) is 5.10. The summed E-state index contributed by atoms with van der Waals surface area (Å²) < 4.78 is 1.82. The number of amides is 1. The van der Waals surface area contributed by atoms with Crippen molar-refractivity contribution in [3.05, 3.63) is 18.1 Å². The quantitative estimate of drug-likeness (QED) is 0.838. The maximum absolute atomic E-state index is 12.0. The first-order valence-corrected chi connectivity index (χ1v) is 8.36. The minimum absolute atomic E-state index is 0.191. The highest BCUT2D eigenvalue weighted by Gasteiger charge is 2.39. The van der Waals surface area contributed by atoms with E-state index in [1.807, 2.05) is 11.4 Å². The van der Waals surface area contributed by atoms with Crippen LogP contribution >= 0.6 is 0 Å². The molecule has 0 aromatic carbocycles. The molecule has 7 heteroatoms. The van der Waals surface area contributed by atoms with Crippen LogP contribution in [0.25, 0.3) is 5.78 Å². The first kappa shape index (κ1) is 14.4. The van der Waals surface area contributed by atoms with E-state index in [1.165, 1.54) is 0 Å². The summed E-state index contributed by atoms with van der Waals surface area (Å²) in [5, 5.41) is 4.34. The molecule has 7 nitrogen and oxygen atoms in total. The molecular formula is C16H22N6O. The summed E-state index contributed by atoms with van der Waals surface area (Å²) in [6.45, 7) is 5.55. The molecule has 0 aliphatic carbocycles. The lowest BCUT2D eigenvalue weighted by molar-refractivity contribution is -0.129. The van der Waals surface area contributed by atoms with Crippen LogP contribution in [0.4, 0.5) is 5.82 Å². The lowest BCUT2D eigenvalue weighted by atomic mass is 10.0. The average molecular weight is 314 g/mol. The molecule has 2 saturated heterocycles. The van der Waals surface area contributed by atoms with Crippen LogP contribution in [0, 0.1) is 6.92 Å². The Morgan fingerprint density at radius 3 is 2.83 bits per heavy atom. The van der Waals surface area contributed by atoms with Crippen LogP contribution < -0.4 is 4.90 Å². The van der Waals surface area contributed by atoms with Gasteiger partial charge in [-0.1, -0.05) is 0 Å². The van der Waals surface area contributed by atoms with Gasteiger partial charge in [0.25, 0.3) is 5.78 Å². The Kier molecular flexibility index (Phi) is 3.43. The maximum atomic E-state index is 12.0. The van der Waals surface area contributed by atoms with Crippen molar-refractivity contribution in [2.75, 3.05) is 18.0 Å². The number of fused-ring (bicyclic) bond motifs is 1. The van der Waals surface area contributed by atoms with Gasteiger partial charge in [0.2, 0.25) is 5.91 Å². The Hall–Kier alpha value is -2.18. The van der Waals surface area contributed by atoms with E-state index in [0.717, 1.165) is 50.3 Å². The summed E-state index contributed by atoms with van der Waals surface area (Å²) in [4.78, 5) is 25.1. The number of anilines is 1. The highest BCUT2D eigenvalue weighted by Crippen LogP contribution is 2.33. The van der Waals surface area contributed by atoms with Gasteiger partial charge in [0.05, 0.1) is 12.1 Å². The van der Waals surface area contributed by atoms with Crippen molar-refractivity contribution in [1.29, 1.82) is 0 Å². The number of nitrogens with zero attached hydrogens (tertiary/aromatic N) is 6. The van der Waals surface area contributed by atoms with Crippen LogP contribution in [0.2, 0.25) is 0 Å². The molecule has 2 fully saturated rings. The van der Waals surface area contributed by atoms with Crippen molar-refractivity contribution in [2.24, 2.45) is 0 Å². The second-order valence-corrected chi connectivity index (χ2v) is 6.55. The van der Waals surface area contributed by atoms with Gasteiger partial charge in [0, 0.05) is 31.8 Å². The fourth-order valence-corrected chi connectivity index (χ4v) is 4.18. The fourth-order valence-electron chi connectivity index (χ4n) is 4.18. The molecule has 0 saturated carbocycles. The number of hydrogen-bond acceptors (Lipinski definition) is 5. The van der Waals surface area contributed by atoms with Crippen molar-refractivity contribution in [3.63, 3.8) is 0 Å². The molecule has 0 bridgehead atoms. The number of carbonyl (C=O) groups excluding carboxylic acids is 1. The number of hydrogen-bond donors (Lipinski definition) is 0. The van der Waals surface area contributed by atoms with Crippen molar-refractivity contribution < 1.29 is 4.79 Å². The Morgan fingerprint density at radius 2 is 2.00 bits per heavy atom. The number of rotatable bonds is 2. The molecule has 4 rings (SSSR count). The zero-order chi connectivity index (χ0) is 16.0. The second-order valence-electron chi connectivity index (χ2n) is 6.55. The lowest BCUT2D eigenvalue weighted by Gasteiger charge is -2.35. The third-order valence-corrected chi connectivity index (χ3v) is 5.10. The van der Waals surface area contributed by atoms with Gasteiger partial charge >= 0.3 is 0 Å². The molecule has 122 valence electrons. The van der Waals surface area contributed by atoms with E-state index < -0.39 is 0 Å². The first-order chi connectivity index (χ1) is 11.1. The molecule has 2 aliphatic rings. The zero-order valence-electron chi connectivity index (χ0n) is 13.6. The Morgan fingerprint density at radius 1 is 1.22 bits per heavy atom. The predicted octanol–water partition coefficient (Wildman–Crippen LogP) is 1.41. The van der Waals surface area contributed by atoms with Crippen molar-refractivity contribution in [3.8, 4) is 0 Å². The van der Waals surface area contributed by atoms with Gasteiger partial charge in [-0.3, -0.25) is 4.79 Å². The SMILES string of the molecule is CC(=O)N1CCC[C@H]1[C@H]1CCCN1c1cc(C)nc2ncnn12. The Bertz CT molecular complexity index is 741. The summed E-state index contributed by atoms with van der Waals surface area (Å²) in [6.07, 6.45) is 6.00. The summed E-state index contributed by atoms with van der Waals surface area (Å²) >= 11 is 0. The third kappa shape index (κ3) is 2.34. The van der Waals surface area contributed by atoms with Crippen molar-refractivity contribution in [1.82, 2.24) is 24.5 Å². The molecule has 2 aromatic heterocycles.